The zero-order chi connectivity index (χ0) is 17.5. The quantitative estimate of drug-likeness (QED) is 0.726. The van der Waals surface area contributed by atoms with Crippen molar-refractivity contribution in [3.63, 3.8) is 0 Å². The van der Waals surface area contributed by atoms with Crippen LogP contribution < -0.4 is 0 Å². The van der Waals surface area contributed by atoms with Gasteiger partial charge in [-0.1, -0.05) is 0 Å². The maximum absolute atomic E-state index is 12.7. The van der Waals surface area contributed by atoms with Crippen LogP contribution in [-0.2, 0) is 0 Å². The van der Waals surface area contributed by atoms with Gasteiger partial charge in [0.05, 0.1) is 11.8 Å². The molecule has 1 saturated carbocycles. The number of likely N-dealkylation sites (tertiary alicyclic amines) is 1. The highest BCUT2D eigenvalue weighted by Crippen LogP contribution is 2.37. The first-order chi connectivity index (χ1) is 12.8. The predicted molar refractivity (Wildman–Crippen MR) is 94.9 cm³/mol. The standard InChI is InChI=1S/C19H20N6O/c26-19(15-11-21-18(22-12-15)14-1-2-14)24-9-5-13(6-10-24)16-3-7-20-17-4-8-23-25(16)17/h3-4,7-8,11-14H,1-2,5-6,9-10H2. The molecule has 0 atom stereocenters. The summed E-state index contributed by atoms with van der Waals surface area (Å²) in [5, 5.41) is 4.38. The normalized spacial score (nSPS) is 18.4. The minimum absolute atomic E-state index is 0.0322. The lowest BCUT2D eigenvalue weighted by Gasteiger charge is -2.32. The van der Waals surface area contributed by atoms with Crippen LogP contribution in [0.3, 0.4) is 0 Å². The largest absolute Gasteiger partial charge is 0.339 e. The van der Waals surface area contributed by atoms with Gasteiger partial charge >= 0.3 is 0 Å². The van der Waals surface area contributed by atoms with Crippen LogP contribution in [0.5, 0.6) is 0 Å². The molecule has 2 fully saturated rings. The van der Waals surface area contributed by atoms with E-state index in [1.807, 2.05) is 27.7 Å². The van der Waals surface area contributed by atoms with Crippen LogP contribution in [0.2, 0.25) is 0 Å². The van der Waals surface area contributed by atoms with E-state index < -0.39 is 0 Å². The Hall–Kier alpha value is -2.83. The van der Waals surface area contributed by atoms with E-state index in [1.54, 1.807) is 18.6 Å². The molecule has 3 aromatic rings. The van der Waals surface area contributed by atoms with Crippen LogP contribution in [0.15, 0.2) is 36.9 Å². The Bertz CT molecular complexity index is 938. The molecule has 0 bridgehead atoms. The van der Waals surface area contributed by atoms with Crippen molar-refractivity contribution in [2.45, 2.75) is 37.5 Å². The van der Waals surface area contributed by atoms with Gasteiger partial charge in [0, 0.05) is 55.3 Å². The molecule has 0 aromatic carbocycles. The van der Waals surface area contributed by atoms with Crippen molar-refractivity contribution in [1.29, 1.82) is 0 Å². The number of hydrogen-bond acceptors (Lipinski definition) is 5. The number of rotatable bonds is 3. The number of carbonyl (C=O) groups is 1. The second-order valence-electron chi connectivity index (χ2n) is 7.14. The third-order valence-electron chi connectivity index (χ3n) is 5.38. The molecule has 7 heteroatoms. The molecule has 1 aliphatic heterocycles. The Labute approximate surface area is 151 Å². The first-order valence-electron chi connectivity index (χ1n) is 9.19. The minimum atomic E-state index is 0.0322. The van der Waals surface area contributed by atoms with Gasteiger partial charge in [-0.15, -0.1) is 0 Å². The maximum atomic E-state index is 12.7. The molecule has 1 saturated heterocycles. The van der Waals surface area contributed by atoms with E-state index in [0.717, 1.165) is 37.4 Å². The highest BCUT2D eigenvalue weighted by Gasteiger charge is 2.28. The van der Waals surface area contributed by atoms with Crippen molar-refractivity contribution < 1.29 is 4.79 Å². The Morgan fingerprint density at radius 1 is 0.923 bits per heavy atom. The number of aromatic nitrogens is 5. The summed E-state index contributed by atoms with van der Waals surface area (Å²) in [7, 11) is 0. The van der Waals surface area contributed by atoms with Gasteiger partial charge in [0.25, 0.3) is 5.91 Å². The molecule has 7 nitrogen and oxygen atoms in total. The van der Waals surface area contributed by atoms with Gasteiger partial charge < -0.3 is 4.90 Å². The lowest BCUT2D eigenvalue weighted by molar-refractivity contribution is 0.0710. The van der Waals surface area contributed by atoms with Crippen LogP contribution in [0.25, 0.3) is 5.65 Å². The first kappa shape index (κ1) is 15.4. The second-order valence-corrected chi connectivity index (χ2v) is 7.14. The van der Waals surface area contributed by atoms with Crippen molar-refractivity contribution in [3.8, 4) is 0 Å². The summed E-state index contributed by atoms with van der Waals surface area (Å²) in [4.78, 5) is 27.7. The average Bonchev–Trinajstić information content (AvgIpc) is 3.44. The molecule has 1 amide bonds. The molecular weight excluding hydrogens is 328 g/mol. The van der Waals surface area contributed by atoms with E-state index in [9.17, 15) is 4.79 Å². The molecule has 1 aliphatic carbocycles. The third kappa shape index (κ3) is 2.73. The fourth-order valence-corrected chi connectivity index (χ4v) is 3.72. The zero-order valence-corrected chi connectivity index (χ0v) is 14.5. The van der Waals surface area contributed by atoms with Crippen LogP contribution in [0.1, 0.15) is 59.4 Å². The van der Waals surface area contributed by atoms with E-state index in [2.05, 4.69) is 20.1 Å². The molecule has 132 valence electrons. The van der Waals surface area contributed by atoms with E-state index >= 15 is 0 Å². The number of piperidine rings is 1. The molecule has 4 heterocycles. The highest BCUT2D eigenvalue weighted by molar-refractivity contribution is 5.93. The molecule has 0 unspecified atom stereocenters. The van der Waals surface area contributed by atoms with Gasteiger partial charge in [-0.2, -0.15) is 5.10 Å². The summed E-state index contributed by atoms with van der Waals surface area (Å²) >= 11 is 0. The van der Waals surface area contributed by atoms with Crippen molar-refractivity contribution >= 4 is 11.6 Å². The summed E-state index contributed by atoms with van der Waals surface area (Å²) in [5.41, 5.74) is 2.63. The first-order valence-corrected chi connectivity index (χ1v) is 9.19. The second kappa shape index (κ2) is 6.16. The van der Waals surface area contributed by atoms with Gasteiger partial charge in [-0.3, -0.25) is 4.79 Å². The third-order valence-corrected chi connectivity index (χ3v) is 5.38. The lowest BCUT2D eigenvalue weighted by atomic mass is 9.93. The van der Waals surface area contributed by atoms with E-state index in [-0.39, 0.29) is 5.91 Å². The van der Waals surface area contributed by atoms with Crippen LogP contribution in [-0.4, -0.2) is 48.5 Å². The summed E-state index contributed by atoms with van der Waals surface area (Å²) in [6.07, 6.45) is 11.2. The topological polar surface area (TPSA) is 76.3 Å². The lowest BCUT2D eigenvalue weighted by Crippen LogP contribution is -2.38. The predicted octanol–water partition coefficient (Wildman–Crippen LogP) is 2.42. The van der Waals surface area contributed by atoms with Crippen molar-refractivity contribution in [3.05, 3.63) is 54.0 Å². The van der Waals surface area contributed by atoms with Crippen LogP contribution in [0.4, 0.5) is 0 Å². The smallest absolute Gasteiger partial charge is 0.256 e. The summed E-state index contributed by atoms with van der Waals surface area (Å²) in [6.45, 7) is 1.47. The molecule has 0 spiro atoms. The minimum Gasteiger partial charge on any atom is -0.339 e. The van der Waals surface area contributed by atoms with Gasteiger partial charge in [-0.05, 0) is 31.7 Å². The molecule has 2 aliphatic rings. The monoisotopic (exact) mass is 348 g/mol. The van der Waals surface area contributed by atoms with Crippen molar-refractivity contribution in [2.75, 3.05) is 13.1 Å². The van der Waals surface area contributed by atoms with E-state index in [0.29, 0.717) is 17.4 Å². The Kier molecular flexibility index (Phi) is 3.65. The molecule has 26 heavy (non-hydrogen) atoms. The Morgan fingerprint density at radius 2 is 1.69 bits per heavy atom. The number of hydrogen-bond donors (Lipinski definition) is 0. The summed E-state index contributed by atoms with van der Waals surface area (Å²) in [5.74, 6) is 1.80. The highest BCUT2D eigenvalue weighted by atomic mass is 16.2. The fourth-order valence-electron chi connectivity index (χ4n) is 3.72. The van der Waals surface area contributed by atoms with E-state index in [1.165, 1.54) is 18.5 Å². The Balaban J connectivity index is 1.27. The number of nitrogens with zero attached hydrogens (tertiary/aromatic N) is 6. The number of amides is 1. The summed E-state index contributed by atoms with van der Waals surface area (Å²) < 4.78 is 1.91. The summed E-state index contributed by atoms with van der Waals surface area (Å²) in [6, 6.07) is 3.94. The molecule has 5 rings (SSSR count). The van der Waals surface area contributed by atoms with E-state index in [4.69, 9.17) is 0 Å². The van der Waals surface area contributed by atoms with Crippen molar-refractivity contribution in [1.82, 2.24) is 29.5 Å². The number of carbonyl (C=O) groups excluding carboxylic acids is 1. The van der Waals surface area contributed by atoms with Crippen LogP contribution >= 0.6 is 0 Å². The van der Waals surface area contributed by atoms with Crippen molar-refractivity contribution in [2.24, 2.45) is 0 Å². The Morgan fingerprint density at radius 3 is 2.42 bits per heavy atom. The maximum Gasteiger partial charge on any atom is 0.256 e. The molecule has 0 N–H and O–H groups in total. The van der Waals surface area contributed by atoms with Gasteiger partial charge in [0.2, 0.25) is 0 Å². The number of fused-ring (bicyclic) bond motifs is 1. The molecule has 0 radical (unpaired) electrons. The zero-order valence-electron chi connectivity index (χ0n) is 14.5. The molecular formula is C19H20N6O. The average molecular weight is 348 g/mol. The van der Waals surface area contributed by atoms with Crippen LogP contribution in [0, 0.1) is 0 Å². The van der Waals surface area contributed by atoms with Gasteiger partial charge in [-0.25, -0.2) is 19.5 Å². The SMILES string of the molecule is O=C(c1cnc(C2CC2)nc1)N1CCC(c2ccnc3ccnn23)CC1. The van der Waals surface area contributed by atoms with Gasteiger partial charge in [0.15, 0.2) is 5.65 Å². The molecule has 3 aromatic heterocycles. The fraction of sp³-hybridized carbons (Fsp3) is 0.421. The van der Waals surface area contributed by atoms with Gasteiger partial charge in [0.1, 0.15) is 5.82 Å².